The van der Waals surface area contributed by atoms with E-state index in [2.05, 4.69) is 53.7 Å². The predicted molar refractivity (Wildman–Crippen MR) is 74.5 cm³/mol. The second-order valence-electron chi connectivity index (χ2n) is 5.45. The van der Waals surface area contributed by atoms with Crippen molar-refractivity contribution in [2.24, 2.45) is 11.8 Å². The van der Waals surface area contributed by atoms with Crippen LogP contribution in [-0.4, -0.2) is 0 Å². The van der Waals surface area contributed by atoms with Gasteiger partial charge in [0.05, 0.1) is 0 Å². The molecule has 2 atom stereocenters. The summed E-state index contributed by atoms with van der Waals surface area (Å²) in [6.45, 7) is 13.5. The topological polar surface area (TPSA) is 0 Å². The first kappa shape index (κ1) is 16.1. The van der Waals surface area contributed by atoms with E-state index in [-0.39, 0.29) is 31.1 Å². The van der Waals surface area contributed by atoms with Crippen molar-refractivity contribution >= 4 is 0 Å². The second kappa shape index (κ2) is 5.98. The van der Waals surface area contributed by atoms with E-state index in [9.17, 15) is 0 Å². The zero-order valence-electron chi connectivity index (χ0n) is 12.4. The minimum absolute atomic E-state index is 0. The molecule has 0 heterocycles. The van der Waals surface area contributed by atoms with E-state index in [1.54, 1.807) is 16.7 Å². The van der Waals surface area contributed by atoms with Crippen molar-refractivity contribution in [3.05, 3.63) is 45.6 Å². The summed E-state index contributed by atoms with van der Waals surface area (Å²) in [5, 5.41) is 0. The smallest absolute Gasteiger partial charge is 0 e. The molecule has 0 N–H and O–H groups in total. The van der Waals surface area contributed by atoms with E-state index in [0.29, 0.717) is 11.8 Å². The standard InChI is InChI=1S/C17H23.U/c1-7-16-11(3)9-15-8-10(2)12(4)13(5)17(15)14(16)6;/h9,15,17H,7H2,1-6H3;/q-1;. The minimum Gasteiger partial charge on any atom is -0.264 e. The Labute approximate surface area is 136 Å². The van der Waals surface area contributed by atoms with Gasteiger partial charge in [0, 0.05) is 31.1 Å². The van der Waals surface area contributed by atoms with Gasteiger partial charge >= 0.3 is 0 Å². The quantitative estimate of drug-likeness (QED) is 0.478. The summed E-state index contributed by atoms with van der Waals surface area (Å²) in [5.74, 6) is 1.03. The van der Waals surface area contributed by atoms with Crippen LogP contribution in [0.1, 0.15) is 48.0 Å². The third-order valence-corrected chi connectivity index (χ3v) is 4.56. The van der Waals surface area contributed by atoms with Crippen LogP contribution in [0.5, 0.6) is 0 Å². The van der Waals surface area contributed by atoms with Gasteiger partial charge in [-0.25, -0.2) is 5.57 Å². The van der Waals surface area contributed by atoms with E-state index in [1.807, 2.05) is 0 Å². The molecular weight excluding hydrogens is 442 g/mol. The molecule has 0 amide bonds. The number of fused-ring (bicyclic) bond motifs is 1. The molecule has 0 aromatic rings. The molecule has 18 heavy (non-hydrogen) atoms. The zero-order valence-corrected chi connectivity index (χ0v) is 16.6. The van der Waals surface area contributed by atoms with Gasteiger partial charge in [0.15, 0.2) is 0 Å². The summed E-state index contributed by atoms with van der Waals surface area (Å²) in [5.41, 5.74) is 8.89. The molecule has 0 radical (unpaired) electrons. The van der Waals surface area contributed by atoms with Gasteiger partial charge < -0.3 is 0 Å². The summed E-state index contributed by atoms with van der Waals surface area (Å²) in [6, 6.07) is 0. The fraction of sp³-hybridized carbons (Fsp3) is 0.529. The largest absolute Gasteiger partial charge is 0.264 e. The third-order valence-electron chi connectivity index (χ3n) is 4.56. The van der Waals surface area contributed by atoms with Crippen LogP contribution in [0, 0.1) is 49.0 Å². The molecule has 0 spiro atoms. The fourth-order valence-electron chi connectivity index (χ4n) is 3.40. The van der Waals surface area contributed by atoms with E-state index in [0.717, 1.165) is 6.42 Å². The first-order valence-electron chi connectivity index (χ1n) is 6.63. The van der Waals surface area contributed by atoms with Crippen molar-refractivity contribution in [1.29, 1.82) is 0 Å². The first-order valence-corrected chi connectivity index (χ1v) is 6.63. The van der Waals surface area contributed by atoms with E-state index >= 15 is 0 Å². The van der Waals surface area contributed by atoms with Crippen LogP contribution in [-0.2, 0) is 0 Å². The van der Waals surface area contributed by atoms with E-state index in [1.165, 1.54) is 16.7 Å². The average Bonchev–Trinajstić information content (AvgIpc) is 2.26. The zero-order chi connectivity index (χ0) is 12.7. The monoisotopic (exact) mass is 465 g/mol. The maximum absolute atomic E-state index is 3.65. The third kappa shape index (κ3) is 2.50. The number of allylic oxidation sites excluding steroid dienone is 8. The van der Waals surface area contributed by atoms with E-state index < -0.39 is 0 Å². The van der Waals surface area contributed by atoms with Gasteiger partial charge in [0.25, 0.3) is 0 Å². The van der Waals surface area contributed by atoms with Crippen molar-refractivity contribution in [3.63, 3.8) is 0 Å². The molecule has 0 saturated carbocycles. The second-order valence-corrected chi connectivity index (χ2v) is 5.45. The Morgan fingerprint density at radius 2 is 1.67 bits per heavy atom. The van der Waals surface area contributed by atoms with E-state index in [4.69, 9.17) is 0 Å². The van der Waals surface area contributed by atoms with Crippen molar-refractivity contribution in [1.82, 2.24) is 0 Å². The Bertz CT molecular complexity index is 472. The van der Waals surface area contributed by atoms with Crippen LogP contribution in [0.3, 0.4) is 0 Å². The molecule has 0 bridgehead atoms. The number of rotatable bonds is 1. The first-order chi connectivity index (χ1) is 7.97. The Hall–Kier alpha value is 0.0119. The van der Waals surface area contributed by atoms with Crippen molar-refractivity contribution in [3.8, 4) is 0 Å². The van der Waals surface area contributed by atoms with Crippen molar-refractivity contribution in [2.45, 2.75) is 48.0 Å². The fourth-order valence-corrected chi connectivity index (χ4v) is 3.40. The van der Waals surface area contributed by atoms with Gasteiger partial charge in [0.2, 0.25) is 0 Å². The van der Waals surface area contributed by atoms with Crippen LogP contribution in [0.25, 0.3) is 0 Å². The molecule has 1 heteroatoms. The molecular formula is C17H23U-. The Balaban J connectivity index is 0.00000162. The predicted octanol–water partition coefficient (Wildman–Crippen LogP) is 5.00. The van der Waals surface area contributed by atoms with Gasteiger partial charge in [0.1, 0.15) is 0 Å². The summed E-state index contributed by atoms with van der Waals surface area (Å²) < 4.78 is 0. The number of hydrogen-bond acceptors (Lipinski definition) is 0. The Kier molecular flexibility index (Phi) is 5.34. The summed E-state index contributed by atoms with van der Waals surface area (Å²) in [7, 11) is 0. The molecule has 2 aliphatic carbocycles. The van der Waals surface area contributed by atoms with Gasteiger partial charge in [-0.2, -0.15) is 5.57 Å². The van der Waals surface area contributed by atoms with Crippen LogP contribution < -0.4 is 0 Å². The van der Waals surface area contributed by atoms with Crippen molar-refractivity contribution in [2.75, 3.05) is 0 Å². The van der Waals surface area contributed by atoms with Gasteiger partial charge in [-0.05, 0) is 31.8 Å². The van der Waals surface area contributed by atoms with Gasteiger partial charge in [-0.15, -0.1) is 12.5 Å². The van der Waals surface area contributed by atoms with Crippen LogP contribution in [0.15, 0.2) is 39.5 Å². The molecule has 0 aromatic heterocycles. The van der Waals surface area contributed by atoms with Crippen LogP contribution >= 0.6 is 0 Å². The maximum Gasteiger partial charge on any atom is 0 e. The summed E-state index contributed by atoms with van der Waals surface area (Å²) >= 11 is 0. The van der Waals surface area contributed by atoms with Crippen LogP contribution in [0.4, 0.5) is 0 Å². The molecule has 0 fully saturated rings. The average molecular weight is 465 g/mol. The SMILES string of the molecule is CCC1=C(C)C2C(C)=C(C)C(C)=[C-]C2C=C1C.[U]. The van der Waals surface area contributed by atoms with Crippen LogP contribution in [0.2, 0.25) is 0 Å². The van der Waals surface area contributed by atoms with Crippen molar-refractivity contribution < 1.29 is 31.1 Å². The Morgan fingerprint density at radius 1 is 1.06 bits per heavy atom. The Morgan fingerprint density at radius 3 is 2.22 bits per heavy atom. The molecule has 2 unspecified atom stereocenters. The molecule has 0 nitrogen and oxygen atoms in total. The maximum atomic E-state index is 3.65. The van der Waals surface area contributed by atoms with Gasteiger partial charge in [-0.3, -0.25) is 6.08 Å². The molecule has 0 aromatic carbocycles. The van der Waals surface area contributed by atoms with Gasteiger partial charge in [-0.1, -0.05) is 43.9 Å². The number of hydrogen-bond donors (Lipinski definition) is 0. The molecule has 96 valence electrons. The summed E-state index contributed by atoms with van der Waals surface area (Å²) in [6.07, 6.45) is 7.21. The molecule has 0 saturated heterocycles. The molecule has 0 aliphatic heterocycles. The molecule has 2 rings (SSSR count). The minimum atomic E-state index is 0. The summed E-state index contributed by atoms with van der Waals surface area (Å²) in [4.78, 5) is 0. The normalized spacial score (nSPS) is 27.4. The molecule has 2 aliphatic rings.